The largest absolute Gasteiger partial charge is 0.449 e. The van der Waals surface area contributed by atoms with E-state index >= 15 is 0 Å². The number of nitrogens with zero attached hydrogens (tertiary/aromatic N) is 4. The molecule has 0 unspecified atom stereocenters. The molecule has 0 saturated carbocycles. The molecule has 2 aromatic heterocycles. The predicted octanol–water partition coefficient (Wildman–Crippen LogP) is 1.85. The molecule has 1 aliphatic heterocycles. The van der Waals surface area contributed by atoms with Gasteiger partial charge in [0.15, 0.2) is 5.89 Å². The molecular weight excluding hydrogens is 318 g/mol. The van der Waals surface area contributed by atoms with Crippen molar-refractivity contribution in [2.45, 2.75) is 32.2 Å². The minimum Gasteiger partial charge on any atom is -0.449 e. The lowest BCUT2D eigenvalue weighted by molar-refractivity contribution is 0.439. The van der Waals surface area contributed by atoms with Crippen molar-refractivity contribution < 1.29 is 4.42 Å². The number of benzene rings is 1. The lowest BCUT2D eigenvalue weighted by Crippen LogP contribution is -2.31. The molecular formula is C18H21N5O2. The van der Waals surface area contributed by atoms with E-state index in [4.69, 9.17) is 4.42 Å². The smallest absolute Gasteiger partial charge is 0.350 e. The van der Waals surface area contributed by atoms with Gasteiger partial charge in [-0.25, -0.2) is 19.0 Å². The summed E-state index contributed by atoms with van der Waals surface area (Å²) >= 11 is 0. The maximum absolute atomic E-state index is 13.0. The highest BCUT2D eigenvalue weighted by atomic mass is 16.3. The number of rotatable bonds is 4. The van der Waals surface area contributed by atoms with Crippen molar-refractivity contribution in [1.82, 2.24) is 24.6 Å². The molecule has 1 saturated heterocycles. The Balaban J connectivity index is 1.78. The van der Waals surface area contributed by atoms with E-state index in [1.165, 1.54) is 4.68 Å². The Hall–Kier alpha value is -2.67. The Morgan fingerprint density at radius 2 is 2.16 bits per heavy atom. The van der Waals surface area contributed by atoms with Crippen LogP contribution in [0.1, 0.15) is 36.2 Å². The first-order valence-electron chi connectivity index (χ1n) is 8.59. The van der Waals surface area contributed by atoms with Crippen molar-refractivity contribution in [3.63, 3.8) is 0 Å². The van der Waals surface area contributed by atoms with Gasteiger partial charge in [-0.1, -0.05) is 18.2 Å². The minimum absolute atomic E-state index is 0.146. The third kappa shape index (κ3) is 3.15. The van der Waals surface area contributed by atoms with E-state index in [9.17, 15) is 4.79 Å². The van der Waals surface area contributed by atoms with E-state index in [2.05, 4.69) is 15.4 Å². The fraction of sp³-hybridized carbons (Fsp3) is 0.389. The first-order chi connectivity index (χ1) is 12.2. The quantitative estimate of drug-likeness (QED) is 0.785. The second-order valence-electron chi connectivity index (χ2n) is 6.37. The van der Waals surface area contributed by atoms with Crippen LogP contribution < -0.4 is 11.0 Å². The van der Waals surface area contributed by atoms with Gasteiger partial charge in [-0.15, -0.1) is 0 Å². The van der Waals surface area contributed by atoms with Crippen molar-refractivity contribution in [2.24, 2.45) is 0 Å². The second kappa shape index (κ2) is 6.68. The molecule has 1 fully saturated rings. The zero-order valence-corrected chi connectivity index (χ0v) is 14.2. The van der Waals surface area contributed by atoms with Crippen molar-refractivity contribution in [2.75, 3.05) is 13.1 Å². The normalized spacial score (nSPS) is 17.7. The van der Waals surface area contributed by atoms with Crippen LogP contribution in [0.15, 0.2) is 45.8 Å². The van der Waals surface area contributed by atoms with Gasteiger partial charge in [0.05, 0.1) is 12.2 Å². The van der Waals surface area contributed by atoms with Gasteiger partial charge in [0.25, 0.3) is 0 Å². The van der Waals surface area contributed by atoms with Crippen molar-refractivity contribution >= 4 is 0 Å². The molecule has 1 N–H and O–H groups in total. The van der Waals surface area contributed by atoms with Gasteiger partial charge in [-0.2, -0.15) is 5.10 Å². The Morgan fingerprint density at radius 3 is 2.84 bits per heavy atom. The van der Waals surface area contributed by atoms with Crippen LogP contribution in [0.4, 0.5) is 0 Å². The molecule has 7 heteroatoms. The van der Waals surface area contributed by atoms with Gasteiger partial charge in [-0.05, 0) is 31.5 Å². The molecule has 1 aliphatic rings. The van der Waals surface area contributed by atoms with Crippen LogP contribution in [0.3, 0.4) is 0 Å². The molecule has 3 aromatic rings. The first-order valence-corrected chi connectivity index (χ1v) is 8.59. The van der Waals surface area contributed by atoms with Crippen LogP contribution in [0.25, 0.3) is 5.69 Å². The maximum atomic E-state index is 13.0. The summed E-state index contributed by atoms with van der Waals surface area (Å²) in [6.07, 6.45) is 3.69. The molecule has 0 amide bonds. The summed E-state index contributed by atoms with van der Waals surface area (Å²) in [7, 11) is 0. The molecule has 1 atom stereocenters. The van der Waals surface area contributed by atoms with E-state index in [-0.39, 0.29) is 11.6 Å². The van der Waals surface area contributed by atoms with Crippen LogP contribution >= 0.6 is 0 Å². The van der Waals surface area contributed by atoms with Crippen LogP contribution in [0.2, 0.25) is 0 Å². The van der Waals surface area contributed by atoms with Crippen LogP contribution in [0.5, 0.6) is 0 Å². The average Bonchev–Trinajstić information content (AvgIpc) is 3.20. The molecule has 130 valence electrons. The summed E-state index contributed by atoms with van der Waals surface area (Å²) in [5.41, 5.74) is 1.40. The third-order valence-electron chi connectivity index (χ3n) is 4.52. The fourth-order valence-corrected chi connectivity index (χ4v) is 3.32. The molecule has 0 spiro atoms. The van der Waals surface area contributed by atoms with Gasteiger partial charge in [0, 0.05) is 19.4 Å². The number of hydrogen-bond acceptors (Lipinski definition) is 5. The highest BCUT2D eigenvalue weighted by Crippen LogP contribution is 2.23. The molecule has 1 aromatic carbocycles. The van der Waals surface area contributed by atoms with E-state index in [0.717, 1.165) is 37.4 Å². The van der Waals surface area contributed by atoms with Gasteiger partial charge >= 0.3 is 5.69 Å². The minimum atomic E-state index is -0.146. The summed E-state index contributed by atoms with van der Waals surface area (Å²) < 4.78 is 8.45. The Kier molecular flexibility index (Phi) is 4.23. The van der Waals surface area contributed by atoms with E-state index < -0.39 is 0 Å². The third-order valence-corrected chi connectivity index (χ3v) is 4.52. The fourth-order valence-electron chi connectivity index (χ4n) is 3.32. The van der Waals surface area contributed by atoms with E-state index in [1.54, 1.807) is 17.8 Å². The van der Waals surface area contributed by atoms with E-state index in [0.29, 0.717) is 18.1 Å². The standard InChI is InChI=1S/C18H21N5O2/c1-13-20-15(12-25-13)11-22-18(24)23(16-7-3-2-4-8-16)17(21-22)14-6-5-9-19-10-14/h2-4,7-8,12,14,19H,5-6,9-11H2,1H3/t14-/m1/s1. The summed E-state index contributed by atoms with van der Waals surface area (Å²) in [6.45, 7) is 3.95. The summed E-state index contributed by atoms with van der Waals surface area (Å²) in [5.74, 6) is 1.62. The van der Waals surface area contributed by atoms with Gasteiger partial charge in [0.1, 0.15) is 17.8 Å². The monoisotopic (exact) mass is 339 g/mol. The van der Waals surface area contributed by atoms with Crippen LogP contribution in [-0.4, -0.2) is 32.4 Å². The predicted molar refractivity (Wildman–Crippen MR) is 93.0 cm³/mol. The molecule has 3 heterocycles. The zero-order valence-electron chi connectivity index (χ0n) is 14.2. The van der Waals surface area contributed by atoms with Crippen LogP contribution in [0, 0.1) is 6.92 Å². The molecule has 0 bridgehead atoms. The zero-order chi connectivity index (χ0) is 17.2. The highest BCUT2D eigenvalue weighted by Gasteiger charge is 2.25. The van der Waals surface area contributed by atoms with Gasteiger partial charge in [-0.3, -0.25) is 0 Å². The van der Waals surface area contributed by atoms with Crippen LogP contribution in [-0.2, 0) is 6.54 Å². The SMILES string of the molecule is Cc1nc(Cn2nc([C@@H]3CCCNC3)n(-c3ccccc3)c2=O)co1. The molecule has 25 heavy (non-hydrogen) atoms. The molecule has 0 radical (unpaired) electrons. The number of aryl methyl sites for hydroxylation is 1. The molecule has 0 aliphatic carbocycles. The van der Waals surface area contributed by atoms with E-state index in [1.807, 2.05) is 30.3 Å². The maximum Gasteiger partial charge on any atom is 0.350 e. The Morgan fingerprint density at radius 1 is 1.32 bits per heavy atom. The van der Waals surface area contributed by atoms with Crippen molar-refractivity contribution in [3.05, 3.63) is 64.5 Å². The number of para-hydroxylation sites is 1. The number of aromatic nitrogens is 4. The molecule has 7 nitrogen and oxygen atoms in total. The lowest BCUT2D eigenvalue weighted by atomic mass is 9.99. The summed E-state index contributed by atoms with van der Waals surface area (Å²) in [6, 6.07) is 9.69. The first kappa shape index (κ1) is 15.8. The number of hydrogen-bond donors (Lipinski definition) is 1. The summed E-state index contributed by atoms with van der Waals surface area (Å²) in [4.78, 5) is 17.3. The van der Waals surface area contributed by atoms with Crippen molar-refractivity contribution in [1.29, 1.82) is 0 Å². The highest BCUT2D eigenvalue weighted by molar-refractivity contribution is 5.33. The average molecular weight is 339 g/mol. The number of nitrogens with one attached hydrogen (secondary N) is 1. The Labute approximate surface area is 145 Å². The Bertz CT molecular complexity index is 903. The van der Waals surface area contributed by atoms with Gasteiger partial charge < -0.3 is 9.73 Å². The second-order valence-corrected chi connectivity index (χ2v) is 6.37. The number of oxazole rings is 1. The topological polar surface area (TPSA) is 77.9 Å². The number of piperidine rings is 1. The van der Waals surface area contributed by atoms with Crippen molar-refractivity contribution in [3.8, 4) is 5.69 Å². The summed E-state index contributed by atoms with van der Waals surface area (Å²) in [5, 5.41) is 8.06. The lowest BCUT2D eigenvalue weighted by Gasteiger charge is -2.22. The molecule has 4 rings (SSSR count). The van der Waals surface area contributed by atoms with Gasteiger partial charge in [0.2, 0.25) is 0 Å².